The van der Waals surface area contributed by atoms with Crippen molar-refractivity contribution in [3.8, 4) is 5.88 Å². The number of methoxy groups -OCH3 is 1. The maximum absolute atomic E-state index is 12.7. The maximum Gasteiger partial charge on any atom is 0.328 e. The summed E-state index contributed by atoms with van der Waals surface area (Å²) in [6.45, 7) is 6.58. The van der Waals surface area contributed by atoms with Crippen molar-refractivity contribution in [2.24, 2.45) is 11.8 Å². The first-order valence-electron chi connectivity index (χ1n) is 10.3. The van der Waals surface area contributed by atoms with Gasteiger partial charge in [0.1, 0.15) is 11.7 Å². The van der Waals surface area contributed by atoms with Crippen molar-refractivity contribution in [1.29, 1.82) is 0 Å². The van der Waals surface area contributed by atoms with Gasteiger partial charge in [-0.2, -0.15) is 0 Å². The van der Waals surface area contributed by atoms with Crippen molar-refractivity contribution in [1.82, 2.24) is 10.3 Å². The standard InChI is InChI=1S/C21H31N3O4/c1-14(2)12-17(21(26)27-3)22-19(25)16-8-9-18(24-10-4-5-11-24)20(23-16)28-13-15-6-7-15/h8-9,14-15,17H,4-7,10-13H2,1-3H3,(H,22,25)/t17-/m0/s1. The molecule has 2 aliphatic rings. The highest BCUT2D eigenvalue weighted by Gasteiger charge is 2.27. The Morgan fingerprint density at radius 2 is 1.96 bits per heavy atom. The first kappa shape index (κ1) is 20.4. The quantitative estimate of drug-likeness (QED) is 0.654. The zero-order valence-corrected chi connectivity index (χ0v) is 17.1. The molecule has 0 spiro atoms. The third kappa shape index (κ3) is 5.36. The molecular weight excluding hydrogens is 358 g/mol. The molecule has 1 saturated heterocycles. The third-order valence-corrected chi connectivity index (χ3v) is 5.17. The minimum absolute atomic E-state index is 0.243. The highest BCUT2D eigenvalue weighted by atomic mass is 16.5. The first-order valence-corrected chi connectivity index (χ1v) is 10.3. The van der Waals surface area contributed by atoms with Crippen molar-refractivity contribution in [2.75, 3.05) is 31.7 Å². The molecule has 0 radical (unpaired) electrons. The van der Waals surface area contributed by atoms with Gasteiger partial charge >= 0.3 is 5.97 Å². The van der Waals surface area contributed by atoms with Crippen LogP contribution in [0.1, 0.15) is 56.4 Å². The van der Waals surface area contributed by atoms with Crippen LogP contribution in [0.4, 0.5) is 5.69 Å². The highest BCUT2D eigenvalue weighted by molar-refractivity contribution is 5.95. The van der Waals surface area contributed by atoms with Gasteiger partial charge in [0.15, 0.2) is 0 Å². The Morgan fingerprint density at radius 1 is 1.25 bits per heavy atom. The average molecular weight is 389 g/mol. The number of carbonyl (C=O) groups excluding carboxylic acids is 2. The monoisotopic (exact) mass is 389 g/mol. The van der Waals surface area contributed by atoms with Gasteiger partial charge in [0.25, 0.3) is 5.91 Å². The number of hydrogen-bond donors (Lipinski definition) is 1. The maximum atomic E-state index is 12.7. The zero-order chi connectivity index (χ0) is 20.1. The second kappa shape index (κ2) is 9.26. The fourth-order valence-electron chi connectivity index (χ4n) is 3.41. The Morgan fingerprint density at radius 3 is 2.57 bits per heavy atom. The van der Waals surface area contributed by atoms with Crippen LogP contribution >= 0.6 is 0 Å². The van der Waals surface area contributed by atoms with Crippen LogP contribution in [0.3, 0.4) is 0 Å². The number of amides is 1. The van der Waals surface area contributed by atoms with E-state index in [2.05, 4.69) is 15.2 Å². The van der Waals surface area contributed by atoms with Crippen LogP contribution in [-0.4, -0.2) is 49.7 Å². The van der Waals surface area contributed by atoms with E-state index in [1.165, 1.54) is 20.0 Å². The molecule has 2 fully saturated rings. The second-order valence-corrected chi connectivity index (χ2v) is 8.15. The van der Waals surface area contributed by atoms with Crippen molar-refractivity contribution in [3.63, 3.8) is 0 Å². The smallest absolute Gasteiger partial charge is 0.328 e. The van der Waals surface area contributed by atoms with E-state index >= 15 is 0 Å². The Balaban J connectivity index is 1.76. The van der Waals surface area contributed by atoms with Gasteiger partial charge in [-0.05, 0) is 56.1 Å². The van der Waals surface area contributed by atoms with Crippen molar-refractivity contribution in [3.05, 3.63) is 17.8 Å². The molecule has 7 nitrogen and oxygen atoms in total. The van der Waals surface area contributed by atoms with Gasteiger partial charge in [-0.25, -0.2) is 9.78 Å². The molecule has 2 heterocycles. The van der Waals surface area contributed by atoms with E-state index in [0.717, 1.165) is 31.6 Å². The molecule has 1 amide bonds. The minimum atomic E-state index is -0.687. The van der Waals surface area contributed by atoms with Gasteiger partial charge in [0.2, 0.25) is 5.88 Å². The summed E-state index contributed by atoms with van der Waals surface area (Å²) in [5.74, 6) is 0.522. The van der Waals surface area contributed by atoms with Gasteiger partial charge in [-0.1, -0.05) is 13.8 Å². The molecule has 1 aliphatic heterocycles. The summed E-state index contributed by atoms with van der Waals surface area (Å²) in [5.41, 5.74) is 1.20. The molecule has 1 aromatic rings. The molecule has 1 aromatic heterocycles. The van der Waals surface area contributed by atoms with Crippen molar-refractivity contribution < 1.29 is 19.1 Å². The summed E-state index contributed by atoms with van der Waals surface area (Å²) in [6, 6.07) is 2.93. The van der Waals surface area contributed by atoms with Gasteiger partial charge in [0, 0.05) is 13.1 Å². The minimum Gasteiger partial charge on any atom is -0.476 e. The highest BCUT2D eigenvalue weighted by Crippen LogP contribution is 2.33. The van der Waals surface area contributed by atoms with E-state index in [0.29, 0.717) is 24.8 Å². The van der Waals surface area contributed by atoms with E-state index in [1.807, 2.05) is 19.9 Å². The predicted molar refractivity (Wildman–Crippen MR) is 107 cm³/mol. The Kier molecular flexibility index (Phi) is 6.75. The fraction of sp³-hybridized carbons (Fsp3) is 0.667. The summed E-state index contributed by atoms with van der Waals surface area (Å²) in [6.07, 6.45) is 5.19. The molecule has 0 unspecified atom stereocenters. The van der Waals surface area contributed by atoms with E-state index in [4.69, 9.17) is 9.47 Å². The third-order valence-electron chi connectivity index (χ3n) is 5.17. The number of carbonyl (C=O) groups is 2. The molecule has 154 valence electrons. The number of hydrogen-bond acceptors (Lipinski definition) is 6. The van der Waals surface area contributed by atoms with Gasteiger partial charge in [0.05, 0.1) is 19.4 Å². The largest absolute Gasteiger partial charge is 0.476 e. The van der Waals surface area contributed by atoms with Gasteiger partial charge < -0.3 is 19.7 Å². The molecule has 7 heteroatoms. The zero-order valence-electron chi connectivity index (χ0n) is 17.1. The number of pyridine rings is 1. The lowest BCUT2D eigenvalue weighted by atomic mass is 10.0. The van der Waals surface area contributed by atoms with E-state index < -0.39 is 12.0 Å². The van der Waals surface area contributed by atoms with Crippen molar-refractivity contribution >= 4 is 17.6 Å². The van der Waals surface area contributed by atoms with E-state index in [-0.39, 0.29) is 17.5 Å². The van der Waals surface area contributed by atoms with E-state index in [9.17, 15) is 9.59 Å². The van der Waals surface area contributed by atoms with Crippen LogP contribution in [0.15, 0.2) is 12.1 Å². The molecule has 0 aromatic carbocycles. The number of aromatic nitrogens is 1. The molecule has 1 N–H and O–H groups in total. The van der Waals surface area contributed by atoms with Gasteiger partial charge in [-0.3, -0.25) is 4.79 Å². The summed E-state index contributed by atoms with van der Waals surface area (Å²) in [7, 11) is 1.33. The molecule has 3 rings (SSSR count). The summed E-state index contributed by atoms with van der Waals surface area (Å²) in [5, 5.41) is 2.76. The van der Waals surface area contributed by atoms with Crippen LogP contribution in [0.25, 0.3) is 0 Å². The topological polar surface area (TPSA) is 80.8 Å². The van der Waals surface area contributed by atoms with E-state index in [1.54, 1.807) is 6.07 Å². The van der Waals surface area contributed by atoms with Crippen LogP contribution in [0.5, 0.6) is 5.88 Å². The molecule has 28 heavy (non-hydrogen) atoms. The summed E-state index contributed by atoms with van der Waals surface area (Å²) >= 11 is 0. The van der Waals surface area contributed by atoms with Crippen LogP contribution in [-0.2, 0) is 9.53 Å². The molecule has 1 aliphatic carbocycles. The Hall–Kier alpha value is -2.31. The number of anilines is 1. The van der Waals surface area contributed by atoms with Crippen LogP contribution < -0.4 is 15.0 Å². The lowest BCUT2D eigenvalue weighted by Gasteiger charge is -2.22. The number of nitrogens with zero attached hydrogens (tertiary/aromatic N) is 2. The Labute approximate surface area is 166 Å². The number of rotatable bonds is 9. The molecule has 1 atom stereocenters. The fourth-order valence-corrected chi connectivity index (χ4v) is 3.41. The van der Waals surface area contributed by atoms with Gasteiger partial charge in [-0.15, -0.1) is 0 Å². The van der Waals surface area contributed by atoms with Crippen molar-refractivity contribution in [2.45, 2.75) is 52.0 Å². The average Bonchev–Trinajstić information content (AvgIpc) is 3.35. The predicted octanol–water partition coefficient (Wildman–Crippen LogP) is 2.79. The molecular formula is C21H31N3O4. The second-order valence-electron chi connectivity index (χ2n) is 8.15. The molecule has 0 bridgehead atoms. The number of esters is 1. The summed E-state index contributed by atoms with van der Waals surface area (Å²) < 4.78 is 10.8. The Bertz CT molecular complexity index is 697. The summed E-state index contributed by atoms with van der Waals surface area (Å²) in [4.78, 5) is 31.5. The SMILES string of the molecule is COC(=O)[C@H](CC(C)C)NC(=O)c1ccc(N2CCCC2)c(OCC2CC2)n1. The lowest BCUT2D eigenvalue weighted by Crippen LogP contribution is -2.42. The first-order chi connectivity index (χ1) is 13.5. The normalized spacial score (nSPS) is 17.5. The van der Waals surface area contributed by atoms with Crippen LogP contribution in [0.2, 0.25) is 0 Å². The van der Waals surface area contributed by atoms with Crippen LogP contribution in [0, 0.1) is 11.8 Å². The number of nitrogens with one attached hydrogen (secondary N) is 1. The number of ether oxygens (including phenoxy) is 2. The molecule has 1 saturated carbocycles. The lowest BCUT2D eigenvalue weighted by molar-refractivity contribution is -0.143.